The Labute approximate surface area is 117 Å². The molecule has 0 heterocycles. The number of hydrogen-bond acceptors (Lipinski definition) is 3. The number of amides is 1. The topological polar surface area (TPSA) is 75.6 Å². The molecule has 1 aliphatic rings. The largest absolute Gasteiger partial charge is 0.495 e. The molecule has 0 aromatic heterocycles. The van der Waals surface area contributed by atoms with Crippen molar-refractivity contribution in [3.8, 4) is 5.75 Å². The van der Waals surface area contributed by atoms with E-state index in [1.54, 1.807) is 18.2 Å². The third-order valence-electron chi connectivity index (χ3n) is 3.82. The molecule has 5 heteroatoms. The molecule has 108 valence electrons. The van der Waals surface area contributed by atoms with E-state index in [2.05, 4.69) is 5.32 Å². The fourth-order valence-electron chi connectivity index (χ4n) is 2.83. The van der Waals surface area contributed by atoms with Crippen molar-refractivity contribution in [1.29, 1.82) is 0 Å². The van der Waals surface area contributed by atoms with E-state index in [1.165, 1.54) is 7.11 Å². The quantitative estimate of drug-likeness (QED) is 0.886. The smallest absolute Gasteiger partial charge is 0.307 e. The number of anilines is 1. The number of carboxylic acids is 1. The maximum atomic E-state index is 12.3. The first-order valence-corrected chi connectivity index (χ1v) is 6.69. The highest BCUT2D eigenvalue weighted by molar-refractivity contribution is 5.96. The Kier molecular flexibility index (Phi) is 4.27. The zero-order valence-corrected chi connectivity index (χ0v) is 11.6. The number of methoxy groups -OCH3 is 1. The SMILES string of the molecule is COc1ccccc1NC(=O)C1CC(C)CC1C(=O)O. The molecule has 1 aromatic carbocycles. The number of hydrogen-bond donors (Lipinski definition) is 2. The van der Waals surface area contributed by atoms with Gasteiger partial charge in [-0.2, -0.15) is 0 Å². The zero-order chi connectivity index (χ0) is 14.7. The van der Waals surface area contributed by atoms with Gasteiger partial charge in [0.25, 0.3) is 0 Å². The molecular weight excluding hydrogens is 258 g/mol. The number of aliphatic carboxylic acids is 1. The second-order valence-electron chi connectivity index (χ2n) is 5.32. The predicted octanol–water partition coefficient (Wildman–Crippen LogP) is 2.38. The van der Waals surface area contributed by atoms with Gasteiger partial charge in [-0.25, -0.2) is 0 Å². The number of rotatable bonds is 4. The van der Waals surface area contributed by atoms with E-state index in [-0.39, 0.29) is 11.8 Å². The minimum Gasteiger partial charge on any atom is -0.495 e. The molecule has 3 unspecified atom stereocenters. The summed E-state index contributed by atoms with van der Waals surface area (Å²) in [5.74, 6) is -1.39. The Hall–Kier alpha value is -2.04. The highest BCUT2D eigenvalue weighted by Crippen LogP contribution is 2.37. The lowest BCUT2D eigenvalue weighted by Gasteiger charge is -2.16. The number of ether oxygens (including phenoxy) is 1. The number of nitrogens with one attached hydrogen (secondary N) is 1. The molecule has 1 aliphatic carbocycles. The van der Waals surface area contributed by atoms with Gasteiger partial charge in [0.1, 0.15) is 5.75 Å². The van der Waals surface area contributed by atoms with Gasteiger partial charge in [0.15, 0.2) is 0 Å². The Morgan fingerprint density at radius 2 is 1.90 bits per heavy atom. The van der Waals surface area contributed by atoms with Gasteiger partial charge in [0, 0.05) is 0 Å². The van der Waals surface area contributed by atoms with Gasteiger partial charge in [-0.1, -0.05) is 19.1 Å². The Balaban J connectivity index is 2.13. The molecule has 5 nitrogen and oxygen atoms in total. The summed E-state index contributed by atoms with van der Waals surface area (Å²) in [6.07, 6.45) is 1.16. The Morgan fingerprint density at radius 1 is 1.25 bits per heavy atom. The molecule has 1 amide bonds. The highest BCUT2D eigenvalue weighted by atomic mass is 16.5. The molecule has 1 saturated carbocycles. The van der Waals surface area contributed by atoms with Crippen LogP contribution in [0.5, 0.6) is 5.75 Å². The molecule has 3 atom stereocenters. The molecular formula is C15H19NO4. The van der Waals surface area contributed by atoms with Crippen LogP contribution in [-0.4, -0.2) is 24.1 Å². The van der Waals surface area contributed by atoms with Crippen molar-refractivity contribution >= 4 is 17.6 Å². The third kappa shape index (κ3) is 2.92. The van der Waals surface area contributed by atoms with Crippen molar-refractivity contribution < 1.29 is 19.4 Å². The lowest BCUT2D eigenvalue weighted by molar-refractivity contribution is -0.145. The summed E-state index contributed by atoms with van der Waals surface area (Å²) < 4.78 is 5.17. The van der Waals surface area contributed by atoms with Crippen molar-refractivity contribution in [3.63, 3.8) is 0 Å². The van der Waals surface area contributed by atoms with Crippen LogP contribution in [0.3, 0.4) is 0 Å². The average molecular weight is 277 g/mol. The van der Waals surface area contributed by atoms with Crippen LogP contribution >= 0.6 is 0 Å². The summed E-state index contributed by atoms with van der Waals surface area (Å²) in [6.45, 7) is 1.98. The monoisotopic (exact) mass is 277 g/mol. The summed E-state index contributed by atoms with van der Waals surface area (Å²) in [7, 11) is 1.53. The molecule has 0 aliphatic heterocycles. The standard InChI is InChI=1S/C15H19NO4/c1-9-7-10(11(8-9)15(18)19)14(17)16-12-5-3-4-6-13(12)20-2/h3-6,9-11H,7-8H2,1-2H3,(H,16,17)(H,18,19). The number of carbonyl (C=O) groups excluding carboxylic acids is 1. The summed E-state index contributed by atoms with van der Waals surface area (Å²) in [4.78, 5) is 23.5. The normalized spacial score (nSPS) is 25.2. The van der Waals surface area contributed by atoms with Gasteiger partial charge >= 0.3 is 5.97 Å². The Bertz CT molecular complexity index is 514. The van der Waals surface area contributed by atoms with E-state index in [4.69, 9.17) is 4.74 Å². The molecule has 20 heavy (non-hydrogen) atoms. The third-order valence-corrected chi connectivity index (χ3v) is 3.82. The van der Waals surface area contributed by atoms with Crippen LogP contribution in [0, 0.1) is 17.8 Å². The first-order valence-electron chi connectivity index (χ1n) is 6.69. The number of para-hydroxylation sites is 2. The average Bonchev–Trinajstić information content (AvgIpc) is 2.82. The van der Waals surface area contributed by atoms with Gasteiger partial charge in [-0.05, 0) is 30.9 Å². The maximum absolute atomic E-state index is 12.3. The molecule has 1 fully saturated rings. The highest BCUT2D eigenvalue weighted by Gasteiger charge is 2.41. The van der Waals surface area contributed by atoms with Gasteiger partial charge in [-0.3, -0.25) is 9.59 Å². The van der Waals surface area contributed by atoms with Crippen LogP contribution in [-0.2, 0) is 9.59 Å². The minimum absolute atomic E-state index is 0.244. The number of carbonyl (C=O) groups is 2. The van der Waals surface area contributed by atoms with Crippen molar-refractivity contribution in [2.45, 2.75) is 19.8 Å². The van der Waals surface area contributed by atoms with E-state index in [0.717, 1.165) is 0 Å². The van der Waals surface area contributed by atoms with Crippen LogP contribution in [0.2, 0.25) is 0 Å². The molecule has 0 spiro atoms. The van der Waals surface area contributed by atoms with Crippen molar-refractivity contribution in [2.75, 3.05) is 12.4 Å². The van der Waals surface area contributed by atoms with Crippen LogP contribution in [0.4, 0.5) is 5.69 Å². The Morgan fingerprint density at radius 3 is 2.55 bits per heavy atom. The van der Waals surface area contributed by atoms with Crippen LogP contribution < -0.4 is 10.1 Å². The van der Waals surface area contributed by atoms with E-state index in [1.807, 2.05) is 13.0 Å². The molecule has 0 bridgehead atoms. The van der Waals surface area contributed by atoms with Gasteiger partial charge in [0.2, 0.25) is 5.91 Å². The van der Waals surface area contributed by atoms with Crippen molar-refractivity contribution in [3.05, 3.63) is 24.3 Å². The predicted molar refractivity (Wildman–Crippen MR) is 74.6 cm³/mol. The van der Waals surface area contributed by atoms with Crippen molar-refractivity contribution in [2.24, 2.45) is 17.8 Å². The minimum atomic E-state index is -0.894. The number of benzene rings is 1. The van der Waals surface area contributed by atoms with Crippen molar-refractivity contribution in [1.82, 2.24) is 0 Å². The first-order chi connectivity index (χ1) is 9.52. The fourth-order valence-corrected chi connectivity index (χ4v) is 2.83. The lowest BCUT2D eigenvalue weighted by Crippen LogP contribution is -2.30. The lowest BCUT2D eigenvalue weighted by atomic mass is 9.95. The molecule has 0 radical (unpaired) electrons. The van der Waals surface area contributed by atoms with E-state index >= 15 is 0 Å². The van der Waals surface area contributed by atoms with Crippen LogP contribution in [0.25, 0.3) is 0 Å². The summed E-state index contributed by atoms with van der Waals surface area (Å²) in [5.41, 5.74) is 0.573. The van der Waals surface area contributed by atoms with Gasteiger partial charge < -0.3 is 15.2 Å². The van der Waals surface area contributed by atoms with Crippen LogP contribution in [0.1, 0.15) is 19.8 Å². The molecule has 2 rings (SSSR count). The first kappa shape index (κ1) is 14.4. The molecule has 0 saturated heterocycles. The van der Waals surface area contributed by atoms with E-state index < -0.39 is 17.8 Å². The molecule has 2 N–H and O–H groups in total. The van der Waals surface area contributed by atoms with E-state index in [9.17, 15) is 14.7 Å². The van der Waals surface area contributed by atoms with E-state index in [0.29, 0.717) is 24.3 Å². The molecule has 1 aromatic rings. The van der Waals surface area contributed by atoms with Gasteiger partial charge in [-0.15, -0.1) is 0 Å². The second kappa shape index (κ2) is 5.94. The van der Waals surface area contributed by atoms with Crippen LogP contribution in [0.15, 0.2) is 24.3 Å². The number of carboxylic acid groups (broad SMARTS) is 1. The maximum Gasteiger partial charge on any atom is 0.307 e. The summed E-state index contributed by atoms with van der Waals surface area (Å²) >= 11 is 0. The van der Waals surface area contributed by atoms with Gasteiger partial charge in [0.05, 0.1) is 24.6 Å². The zero-order valence-electron chi connectivity index (χ0n) is 11.6. The summed E-state index contributed by atoms with van der Waals surface area (Å²) in [6, 6.07) is 7.10. The second-order valence-corrected chi connectivity index (χ2v) is 5.32. The fraction of sp³-hybridized carbons (Fsp3) is 0.467. The summed E-state index contributed by atoms with van der Waals surface area (Å²) in [5, 5.41) is 12.0.